The molecule has 0 saturated heterocycles. The molecule has 0 aromatic heterocycles. The fraction of sp³-hybridized carbons (Fsp3) is 1.00. The summed E-state index contributed by atoms with van der Waals surface area (Å²) in [6.07, 6.45) is 7.21. The highest BCUT2D eigenvalue weighted by atomic mass is 16.3. The van der Waals surface area contributed by atoms with Gasteiger partial charge in [0.25, 0.3) is 0 Å². The van der Waals surface area contributed by atoms with Crippen molar-refractivity contribution >= 4 is 0 Å². The maximum Gasteiger partial charge on any atom is 0.0659 e. The van der Waals surface area contributed by atoms with Crippen LogP contribution < -0.4 is 5.32 Å². The van der Waals surface area contributed by atoms with E-state index >= 15 is 0 Å². The van der Waals surface area contributed by atoms with Gasteiger partial charge >= 0.3 is 0 Å². The number of hydrogen-bond acceptors (Lipinski definition) is 2. The summed E-state index contributed by atoms with van der Waals surface area (Å²) in [6.45, 7) is 11.8. The number of aliphatic hydroxyl groups is 1. The lowest BCUT2D eigenvalue weighted by Gasteiger charge is -2.38. The zero-order valence-corrected chi connectivity index (χ0v) is 13.1. The molecule has 0 aromatic rings. The minimum absolute atomic E-state index is 0.149. The fourth-order valence-electron chi connectivity index (χ4n) is 3.09. The second-order valence-electron chi connectivity index (χ2n) is 7.41. The first-order valence-corrected chi connectivity index (χ1v) is 7.72. The van der Waals surface area contributed by atoms with Crippen LogP contribution in [0.4, 0.5) is 0 Å². The Bertz CT molecular complexity index is 234. The molecule has 2 N–H and O–H groups in total. The minimum atomic E-state index is -0.489. The van der Waals surface area contributed by atoms with Crippen molar-refractivity contribution in [3.8, 4) is 0 Å². The molecule has 0 aromatic carbocycles. The summed E-state index contributed by atoms with van der Waals surface area (Å²) in [4.78, 5) is 0. The molecule has 0 aliphatic heterocycles. The van der Waals surface area contributed by atoms with E-state index in [0.717, 1.165) is 18.9 Å². The summed E-state index contributed by atoms with van der Waals surface area (Å²) in [5.41, 5.74) is -0.340. The van der Waals surface area contributed by atoms with Crippen molar-refractivity contribution < 1.29 is 5.11 Å². The van der Waals surface area contributed by atoms with Gasteiger partial charge in [-0.1, -0.05) is 26.2 Å². The second kappa shape index (κ2) is 6.38. The first-order chi connectivity index (χ1) is 8.24. The van der Waals surface area contributed by atoms with Crippen LogP contribution >= 0.6 is 0 Å². The van der Waals surface area contributed by atoms with E-state index in [1.807, 2.05) is 6.92 Å². The normalized spacial score (nSPS) is 29.0. The predicted octanol–water partition coefficient (Wildman–Crippen LogP) is 3.73. The summed E-state index contributed by atoms with van der Waals surface area (Å²) in [7, 11) is 0. The maximum atomic E-state index is 10.7. The molecule has 0 spiro atoms. The molecular weight excluding hydrogens is 222 g/mol. The van der Waals surface area contributed by atoms with Gasteiger partial charge < -0.3 is 10.4 Å². The van der Waals surface area contributed by atoms with Crippen LogP contribution in [-0.2, 0) is 0 Å². The molecule has 2 heteroatoms. The third kappa shape index (κ3) is 5.27. The van der Waals surface area contributed by atoms with E-state index in [4.69, 9.17) is 0 Å². The molecule has 1 rings (SSSR count). The lowest BCUT2D eigenvalue weighted by molar-refractivity contribution is -0.0296. The third-order valence-corrected chi connectivity index (χ3v) is 4.59. The van der Waals surface area contributed by atoms with E-state index in [0.29, 0.717) is 5.92 Å². The van der Waals surface area contributed by atoms with Crippen LogP contribution in [0.5, 0.6) is 0 Å². The van der Waals surface area contributed by atoms with Gasteiger partial charge in [-0.05, 0) is 65.3 Å². The van der Waals surface area contributed by atoms with Crippen LogP contribution in [0.1, 0.15) is 73.1 Å². The van der Waals surface area contributed by atoms with Gasteiger partial charge in [0, 0.05) is 5.54 Å². The summed E-state index contributed by atoms with van der Waals surface area (Å²) in [5, 5.41) is 14.1. The van der Waals surface area contributed by atoms with Gasteiger partial charge in [-0.2, -0.15) is 0 Å². The topological polar surface area (TPSA) is 32.3 Å². The van der Waals surface area contributed by atoms with Crippen molar-refractivity contribution in [3.63, 3.8) is 0 Å². The van der Waals surface area contributed by atoms with Crippen molar-refractivity contribution in [1.29, 1.82) is 0 Å². The van der Waals surface area contributed by atoms with Crippen LogP contribution in [0, 0.1) is 11.8 Å². The summed E-state index contributed by atoms with van der Waals surface area (Å²) < 4.78 is 0. The maximum absolute atomic E-state index is 10.7. The molecule has 1 aliphatic rings. The highest BCUT2D eigenvalue weighted by molar-refractivity contribution is 4.87. The van der Waals surface area contributed by atoms with Crippen molar-refractivity contribution in [2.24, 2.45) is 11.8 Å². The molecule has 1 unspecified atom stereocenters. The first kappa shape index (κ1) is 16.0. The third-order valence-electron chi connectivity index (χ3n) is 4.59. The molecule has 0 amide bonds. The van der Waals surface area contributed by atoms with Gasteiger partial charge in [-0.15, -0.1) is 0 Å². The standard InChI is InChI=1S/C16H33NO/c1-6-13-7-9-14(10-8-13)16(5,18)11-12-17-15(2,3)4/h13-14,17-18H,6-12H2,1-5H3. The van der Waals surface area contributed by atoms with Gasteiger partial charge in [-0.25, -0.2) is 0 Å². The number of rotatable bonds is 5. The van der Waals surface area contributed by atoms with Crippen molar-refractivity contribution in [2.75, 3.05) is 6.54 Å². The SMILES string of the molecule is CCC1CCC(C(C)(O)CCNC(C)(C)C)CC1. The Morgan fingerprint density at radius 3 is 2.06 bits per heavy atom. The largest absolute Gasteiger partial charge is 0.390 e. The van der Waals surface area contributed by atoms with Crippen LogP contribution in [0.2, 0.25) is 0 Å². The van der Waals surface area contributed by atoms with Gasteiger partial charge in [0.15, 0.2) is 0 Å². The van der Waals surface area contributed by atoms with Crippen LogP contribution in [-0.4, -0.2) is 22.8 Å². The van der Waals surface area contributed by atoms with E-state index in [1.165, 1.54) is 32.1 Å². The average molecular weight is 255 g/mol. The average Bonchev–Trinajstić information content (AvgIpc) is 2.27. The van der Waals surface area contributed by atoms with Gasteiger partial charge in [0.1, 0.15) is 0 Å². The van der Waals surface area contributed by atoms with E-state index in [9.17, 15) is 5.11 Å². The lowest BCUT2D eigenvalue weighted by Crippen LogP contribution is -2.43. The molecule has 1 aliphatic carbocycles. The highest BCUT2D eigenvalue weighted by Gasteiger charge is 2.34. The molecule has 2 nitrogen and oxygen atoms in total. The first-order valence-electron chi connectivity index (χ1n) is 7.72. The zero-order chi connectivity index (χ0) is 13.8. The quantitative estimate of drug-likeness (QED) is 0.784. The van der Waals surface area contributed by atoms with Crippen molar-refractivity contribution in [3.05, 3.63) is 0 Å². The Morgan fingerprint density at radius 2 is 1.61 bits per heavy atom. The molecule has 0 bridgehead atoms. The van der Waals surface area contributed by atoms with E-state index < -0.39 is 5.60 Å². The fourth-order valence-corrected chi connectivity index (χ4v) is 3.09. The Kier molecular flexibility index (Phi) is 5.67. The minimum Gasteiger partial charge on any atom is -0.390 e. The van der Waals surface area contributed by atoms with E-state index in [2.05, 4.69) is 33.0 Å². The van der Waals surface area contributed by atoms with Gasteiger partial charge in [-0.3, -0.25) is 0 Å². The lowest BCUT2D eigenvalue weighted by atomic mass is 9.72. The van der Waals surface area contributed by atoms with Crippen molar-refractivity contribution in [1.82, 2.24) is 5.32 Å². The monoisotopic (exact) mass is 255 g/mol. The van der Waals surface area contributed by atoms with Gasteiger partial charge in [0.05, 0.1) is 5.60 Å². The smallest absolute Gasteiger partial charge is 0.0659 e. The molecule has 108 valence electrons. The molecule has 1 atom stereocenters. The molecule has 1 fully saturated rings. The molecule has 18 heavy (non-hydrogen) atoms. The Balaban J connectivity index is 2.35. The summed E-state index contributed by atoms with van der Waals surface area (Å²) in [5.74, 6) is 1.41. The summed E-state index contributed by atoms with van der Waals surface area (Å²) >= 11 is 0. The summed E-state index contributed by atoms with van der Waals surface area (Å²) in [6, 6.07) is 0. The van der Waals surface area contributed by atoms with Crippen LogP contribution in [0.15, 0.2) is 0 Å². The van der Waals surface area contributed by atoms with Crippen LogP contribution in [0.3, 0.4) is 0 Å². The van der Waals surface area contributed by atoms with Crippen molar-refractivity contribution in [2.45, 2.75) is 84.3 Å². The Morgan fingerprint density at radius 1 is 1.06 bits per heavy atom. The Hall–Kier alpha value is -0.0800. The predicted molar refractivity (Wildman–Crippen MR) is 78.7 cm³/mol. The molecule has 1 saturated carbocycles. The molecule has 0 radical (unpaired) electrons. The number of nitrogens with one attached hydrogen (secondary N) is 1. The number of hydrogen-bond donors (Lipinski definition) is 2. The van der Waals surface area contributed by atoms with E-state index in [1.54, 1.807) is 0 Å². The highest BCUT2D eigenvalue weighted by Crippen LogP contribution is 2.37. The zero-order valence-electron chi connectivity index (χ0n) is 13.1. The molecule has 0 heterocycles. The van der Waals surface area contributed by atoms with Gasteiger partial charge in [0.2, 0.25) is 0 Å². The van der Waals surface area contributed by atoms with Crippen LogP contribution in [0.25, 0.3) is 0 Å². The second-order valence-corrected chi connectivity index (χ2v) is 7.41. The Labute approximate surface area is 114 Å². The van der Waals surface area contributed by atoms with E-state index in [-0.39, 0.29) is 5.54 Å². The molecular formula is C16H33NO.